The molecule has 1 aliphatic rings. The first-order valence-electron chi connectivity index (χ1n) is 8.32. The number of benzene rings is 1. The quantitative estimate of drug-likeness (QED) is 0.882. The van der Waals surface area contributed by atoms with Crippen molar-refractivity contribution >= 4 is 28.4 Å². The lowest BCUT2D eigenvalue weighted by Gasteiger charge is -2.19. The molecule has 1 aromatic heterocycles. The molecule has 126 valence electrons. The summed E-state index contributed by atoms with van der Waals surface area (Å²) < 4.78 is 5.21. The van der Waals surface area contributed by atoms with Gasteiger partial charge in [-0.3, -0.25) is 4.79 Å². The first-order valence-corrected chi connectivity index (χ1v) is 8.32. The van der Waals surface area contributed by atoms with Crippen molar-refractivity contribution < 1.29 is 14.3 Å². The highest BCUT2D eigenvalue weighted by atomic mass is 16.5. The number of aromatic amines is 1. The van der Waals surface area contributed by atoms with E-state index < -0.39 is 5.97 Å². The van der Waals surface area contributed by atoms with Crippen molar-refractivity contribution in [1.29, 1.82) is 0 Å². The van der Waals surface area contributed by atoms with Gasteiger partial charge in [-0.15, -0.1) is 0 Å². The van der Waals surface area contributed by atoms with Gasteiger partial charge in [0, 0.05) is 29.6 Å². The second kappa shape index (κ2) is 6.51. The SMILES string of the molecule is CCOC(=O)C1=CN(C(=O)C(C)C)CCc2c1[nH]c1ccccc21. The van der Waals surface area contributed by atoms with E-state index in [4.69, 9.17) is 4.74 Å². The van der Waals surface area contributed by atoms with Gasteiger partial charge in [0.15, 0.2) is 0 Å². The predicted molar refractivity (Wildman–Crippen MR) is 93.2 cm³/mol. The minimum Gasteiger partial charge on any atom is -0.462 e. The van der Waals surface area contributed by atoms with E-state index in [1.54, 1.807) is 18.0 Å². The topological polar surface area (TPSA) is 62.4 Å². The van der Waals surface area contributed by atoms with Crippen molar-refractivity contribution in [3.8, 4) is 0 Å². The normalized spacial score (nSPS) is 14.3. The summed E-state index contributed by atoms with van der Waals surface area (Å²) in [6, 6.07) is 7.96. The Hall–Kier alpha value is -2.56. The van der Waals surface area contributed by atoms with Crippen molar-refractivity contribution in [3.63, 3.8) is 0 Å². The third kappa shape index (κ3) is 2.82. The molecule has 0 spiro atoms. The molecule has 1 amide bonds. The van der Waals surface area contributed by atoms with Gasteiger partial charge in [0.05, 0.1) is 17.9 Å². The van der Waals surface area contributed by atoms with Crippen LogP contribution in [0.3, 0.4) is 0 Å². The second-order valence-electron chi connectivity index (χ2n) is 6.22. The molecule has 0 saturated heterocycles. The number of amides is 1. The van der Waals surface area contributed by atoms with Crippen LogP contribution in [0, 0.1) is 5.92 Å². The van der Waals surface area contributed by atoms with Crippen LogP contribution in [0.5, 0.6) is 0 Å². The summed E-state index contributed by atoms with van der Waals surface area (Å²) in [6.07, 6.45) is 2.33. The largest absolute Gasteiger partial charge is 0.462 e. The molecule has 0 saturated carbocycles. The average Bonchev–Trinajstić information content (AvgIpc) is 2.82. The number of rotatable bonds is 3. The van der Waals surface area contributed by atoms with Gasteiger partial charge >= 0.3 is 5.97 Å². The van der Waals surface area contributed by atoms with Crippen LogP contribution >= 0.6 is 0 Å². The highest BCUT2D eigenvalue weighted by molar-refractivity contribution is 6.18. The van der Waals surface area contributed by atoms with Crippen LogP contribution in [0.2, 0.25) is 0 Å². The van der Waals surface area contributed by atoms with E-state index in [1.165, 1.54) is 0 Å². The molecule has 3 rings (SSSR count). The summed E-state index contributed by atoms with van der Waals surface area (Å²) in [5, 5.41) is 1.08. The number of carbonyl (C=O) groups excluding carboxylic acids is 2. The van der Waals surface area contributed by atoms with Crippen LogP contribution in [-0.2, 0) is 20.7 Å². The van der Waals surface area contributed by atoms with Crippen molar-refractivity contribution in [1.82, 2.24) is 9.88 Å². The Morgan fingerprint density at radius 1 is 1.29 bits per heavy atom. The van der Waals surface area contributed by atoms with E-state index >= 15 is 0 Å². The summed E-state index contributed by atoms with van der Waals surface area (Å²) in [6.45, 7) is 6.34. The van der Waals surface area contributed by atoms with Gasteiger partial charge in [-0.2, -0.15) is 0 Å². The number of fused-ring (bicyclic) bond motifs is 3. The van der Waals surface area contributed by atoms with Crippen molar-refractivity contribution in [2.75, 3.05) is 13.2 Å². The Bertz CT molecular complexity index is 817. The molecular weight excluding hydrogens is 304 g/mol. The zero-order valence-electron chi connectivity index (χ0n) is 14.3. The molecular formula is C19H22N2O3. The number of ether oxygens (including phenoxy) is 1. The number of hydrogen-bond acceptors (Lipinski definition) is 3. The summed E-state index contributed by atoms with van der Waals surface area (Å²) >= 11 is 0. The molecule has 5 nitrogen and oxygen atoms in total. The average molecular weight is 326 g/mol. The van der Waals surface area contributed by atoms with Crippen LogP contribution in [0.25, 0.3) is 16.5 Å². The lowest BCUT2D eigenvalue weighted by atomic mass is 10.0. The van der Waals surface area contributed by atoms with E-state index in [0.29, 0.717) is 25.1 Å². The minimum atomic E-state index is -0.409. The number of nitrogens with zero attached hydrogens (tertiary/aromatic N) is 1. The lowest BCUT2D eigenvalue weighted by Crippen LogP contribution is -2.31. The monoisotopic (exact) mass is 326 g/mol. The van der Waals surface area contributed by atoms with Crippen LogP contribution in [0.15, 0.2) is 30.5 Å². The smallest absolute Gasteiger partial charge is 0.341 e. The van der Waals surface area contributed by atoms with E-state index in [-0.39, 0.29) is 11.8 Å². The molecule has 2 heterocycles. The fraction of sp³-hybridized carbons (Fsp3) is 0.368. The molecule has 1 N–H and O–H groups in total. The van der Waals surface area contributed by atoms with Gasteiger partial charge in [0.1, 0.15) is 0 Å². The fourth-order valence-corrected chi connectivity index (χ4v) is 3.08. The summed E-state index contributed by atoms with van der Waals surface area (Å²) in [4.78, 5) is 29.9. The highest BCUT2D eigenvalue weighted by Crippen LogP contribution is 2.31. The first-order chi connectivity index (χ1) is 11.5. The van der Waals surface area contributed by atoms with Crippen molar-refractivity contribution in [2.45, 2.75) is 27.2 Å². The number of esters is 1. The molecule has 0 radical (unpaired) electrons. The van der Waals surface area contributed by atoms with Crippen molar-refractivity contribution in [2.24, 2.45) is 5.92 Å². The Kier molecular flexibility index (Phi) is 4.42. The van der Waals surface area contributed by atoms with Gasteiger partial charge in [0.2, 0.25) is 5.91 Å². The van der Waals surface area contributed by atoms with Crippen LogP contribution < -0.4 is 0 Å². The van der Waals surface area contributed by atoms with Gasteiger partial charge in [0.25, 0.3) is 0 Å². The van der Waals surface area contributed by atoms with Crippen LogP contribution in [0.1, 0.15) is 32.0 Å². The zero-order chi connectivity index (χ0) is 17.3. The first kappa shape index (κ1) is 16.3. The number of aromatic nitrogens is 1. The van der Waals surface area contributed by atoms with E-state index in [9.17, 15) is 9.59 Å². The maximum absolute atomic E-state index is 12.5. The molecule has 5 heteroatoms. The Morgan fingerprint density at radius 3 is 2.75 bits per heavy atom. The number of para-hydroxylation sites is 1. The highest BCUT2D eigenvalue weighted by Gasteiger charge is 2.27. The van der Waals surface area contributed by atoms with Crippen LogP contribution in [-0.4, -0.2) is 34.9 Å². The third-order valence-electron chi connectivity index (χ3n) is 4.24. The molecule has 0 unspecified atom stereocenters. The molecule has 2 aromatic rings. The fourth-order valence-electron chi connectivity index (χ4n) is 3.08. The van der Waals surface area contributed by atoms with Crippen molar-refractivity contribution in [3.05, 3.63) is 41.7 Å². The van der Waals surface area contributed by atoms with Gasteiger partial charge < -0.3 is 14.6 Å². The van der Waals surface area contributed by atoms with E-state index in [2.05, 4.69) is 4.98 Å². The zero-order valence-corrected chi connectivity index (χ0v) is 14.3. The minimum absolute atomic E-state index is 0.00579. The molecule has 24 heavy (non-hydrogen) atoms. The van der Waals surface area contributed by atoms with Gasteiger partial charge in [-0.1, -0.05) is 32.0 Å². The predicted octanol–water partition coefficient (Wildman–Crippen LogP) is 3.11. The number of H-pyrrole nitrogens is 1. The Balaban J connectivity index is 2.13. The Morgan fingerprint density at radius 2 is 2.04 bits per heavy atom. The van der Waals surface area contributed by atoms with Crippen LogP contribution in [0.4, 0.5) is 0 Å². The van der Waals surface area contributed by atoms with Gasteiger partial charge in [-0.25, -0.2) is 4.79 Å². The number of nitrogens with one attached hydrogen (secondary N) is 1. The maximum atomic E-state index is 12.5. The number of carbonyl (C=O) groups is 2. The molecule has 1 aromatic carbocycles. The van der Waals surface area contributed by atoms with E-state index in [0.717, 1.165) is 22.2 Å². The number of hydrogen-bond donors (Lipinski definition) is 1. The molecule has 0 fully saturated rings. The molecule has 1 aliphatic heterocycles. The van der Waals surface area contributed by atoms with Gasteiger partial charge in [-0.05, 0) is 25.0 Å². The summed E-state index contributed by atoms with van der Waals surface area (Å²) in [7, 11) is 0. The molecule has 0 aliphatic carbocycles. The van der Waals surface area contributed by atoms with E-state index in [1.807, 2.05) is 38.1 Å². The summed E-state index contributed by atoms with van der Waals surface area (Å²) in [5.74, 6) is -0.530. The Labute approximate surface area is 141 Å². The molecule has 0 bridgehead atoms. The lowest BCUT2D eigenvalue weighted by molar-refractivity contribution is -0.136. The standard InChI is InChI=1S/C19H22N2O3/c1-4-24-19(23)15-11-21(18(22)12(2)3)10-9-14-13-7-5-6-8-16(13)20-17(14)15/h5-8,11-12,20H,4,9-10H2,1-3H3. The maximum Gasteiger partial charge on any atom is 0.341 e. The molecule has 0 atom stereocenters. The third-order valence-corrected chi connectivity index (χ3v) is 4.24. The second-order valence-corrected chi connectivity index (χ2v) is 6.22. The summed E-state index contributed by atoms with van der Waals surface area (Å²) in [5.41, 5.74) is 3.22.